The Bertz CT molecular complexity index is 1080. The van der Waals surface area contributed by atoms with Gasteiger partial charge in [-0.05, 0) is 89.8 Å². The molecule has 1 amide bonds. The monoisotopic (exact) mass is 511 g/mol. The molecule has 1 aromatic carbocycles. The standard InChI is InChI=1S/C26H36F3N3O2S/c1-6-7-10-18-16-32(25(2,3)4)35-24(18)30-23(33)21-15-19(26(27,28)29)12-13-22(21)34-17-20-11-8-9-14-31(20)5/h12-13,15-16,20H,6-11,14,17H2,1-5H3. The molecule has 2 aromatic rings. The van der Waals surface area contributed by atoms with E-state index in [-0.39, 0.29) is 22.9 Å². The number of halogens is 3. The van der Waals surface area contributed by atoms with Crippen molar-refractivity contribution >= 4 is 17.4 Å². The smallest absolute Gasteiger partial charge is 0.416 e. The molecule has 1 aliphatic heterocycles. The van der Waals surface area contributed by atoms with Crippen molar-refractivity contribution < 1.29 is 22.7 Å². The van der Waals surface area contributed by atoms with Crippen LogP contribution >= 0.6 is 11.5 Å². The van der Waals surface area contributed by atoms with Crippen LogP contribution in [0.15, 0.2) is 29.4 Å². The number of likely N-dealkylation sites (tertiary alicyclic amines) is 1. The summed E-state index contributed by atoms with van der Waals surface area (Å²) in [6.45, 7) is 9.52. The van der Waals surface area contributed by atoms with Crippen LogP contribution in [0.4, 0.5) is 13.2 Å². The largest absolute Gasteiger partial charge is 0.491 e. The number of piperidine rings is 1. The second kappa shape index (κ2) is 11.3. The first-order valence-electron chi connectivity index (χ1n) is 12.3. The molecule has 0 saturated carbocycles. The fourth-order valence-corrected chi connectivity index (χ4v) is 5.06. The molecule has 194 valence electrons. The van der Waals surface area contributed by atoms with Crippen LogP contribution in [0.2, 0.25) is 0 Å². The highest BCUT2D eigenvalue weighted by atomic mass is 32.1. The van der Waals surface area contributed by atoms with Crippen LogP contribution in [0.3, 0.4) is 0 Å². The molecule has 2 heterocycles. The summed E-state index contributed by atoms with van der Waals surface area (Å²) >= 11 is 1.35. The predicted molar refractivity (Wildman–Crippen MR) is 133 cm³/mol. The van der Waals surface area contributed by atoms with E-state index in [1.165, 1.54) is 17.6 Å². The molecule has 0 spiro atoms. The molecule has 0 N–H and O–H groups in total. The van der Waals surface area contributed by atoms with Crippen molar-refractivity contribution in [2.24, 2.45) is 4.99 Å². The molecule has 0 radical (unpaired) electrons. The van der Waals surface area contributed by atoms with Crippen LogP contribution in [0.5, 0.6) is 5.75 Å². The number of benzene rings is 1. The zero-order valence-corrected chi connectivity index (χ0v) is 22.1. The lowest BCUT2D eigenvalue weighted by molar-refractivity contribution is -0.137. The van der Waals surface area contributed by atoms with Gasteiger partial charge >= 0.3 is 6.18 Å². The van der Waals surface area contributed by atoms with Gasteiger partial charge in [0, 0.05) is 23.3 Å². The van der Waals surface area contributed by atoms with Crippen LogP contribution in [0.25, 0.3) is 0 Å². The second-order valence-electron chi connectivity index (χ2n) is 10.2. The molecule has 0 bridgehead atoms. The average Bonchev–Trinajstić information content (AvgIpc) is 3.19. The zero-order valence-electron chi connectivity index (χ0n) is 21.2. The molecule has 1 unspecified atom stereocenters. The van der Waals surface area contributed by atoms with Crippen LogP contribution < -0.4 is 9.41 Å². The molecule has 1 aliphatic rings. The molecule has 9 heteroatoms. The van der Waals surface area contributed by atoms with Gasteiger partial charge in [-0.1, -0.05) is 19.8 Å². The molecular formula is C26H36F3N3O2S. The Kier molecular flexibility index (Phi) is 8.86. The Labute approximate surface area is 209 Å². The third-order valence-corrected chi connectivity index (χ3v) is 7.66. The Balaban J connectivity index is 1.99. The number of carbonyl (C=O) groups excluding carboxylic acids is 1. The number of amides is 1. The molecule has 5 nitrogen and oxygen atoms in total. The van der Waals surface area contributed by atoms with Gasteiger partial charge in [-0.2, -0.15) is 18.2 Å². The minimum absolute atomic E-state index is 0.140. The fourth-order valence-electron chi connectivity index (χ4n) is 4.03. The summed E-state index contributed by atoms with van der Waals surface area (Å²) < 4.78 is 48.9. The number of unbranched alkanes of at least 4 members (excludes halogenated alkanes) is 1. The molecule has 35 heavy (non-hydrogen) atoms. The lowest BCUT2D eigenvalue weighted by atomic mass is 10.0. The summed E-state index contributed by atoms with van der Waals surface area (Å²) in [5.74, 6) is -0.579. The van der Waals surface area contributed by atoms with E-state index >= 15 is 0 Å². The Morgan fingerprint density at radius 3 is 2.60 bits per heavy atom. The fraction of sp³-hybridized carbons (Fsp3) is 0.615. The first-order valence-corrected chi connectivity index (χ1v) is 13.0. The van der Waals surface area contributed by atoms with Gasteiger partial charge in [0.1, 0.15) is 17.0 Å². The van der Waals surface area contributed by atoms with Gasteiger partial charge in [0.15, 0.2) is 0 Å². The first kappa shape index (κ1) is 27.5. The number of hydrogen-bond acceptors (Lipinski definition) is 4. The Hall–Kier alpha value is -2.13. The van der Waals surface area contributed by atoms with Gasteiger partial charge in [-0.25, -0.2) is 0 Å². The van der Waals surface area contributed by atoms with E-state index in [1.807, 2.05) is 17.2 Å². The molecule has 1 atom stereocenters. The van der Waals surface area contributed by atoms with Gasteiger partial charge in [-0.3, -0.25) is 8.75 Å². The summed E-state index contributed by atoms with van der Waals surface area (Å²) in [6.07, 6.45) is 3.25. The quantitative estimate of drug-likeness (QED) is 0.440. The van der Waals surface area contributed by atoms with E-state index in [0.717, 1.165) is 62.8 Å². The van der Waals surface area contributed by atoms with Crippen molar-refractivity contribution in [2.45, 2.75) is 84.0 Å². The number of carbonyl (C=O) groups is 1. The first-order chi connectivity index (χ1) is 16.4. The number of nitrogens with zero attached hydrogens (tertiary/aromatic N) is 3. The molecule has 3 rings (SSSR count). The maximum absolute atomic E-state index is 13.5. The number of likely N-dealkylation sites (N-methyl/N-ethyl adjacent to an activating group) is 1. The molecule has 1 fully saturated rings. The summed E-state index contributed by atoms with van der Waals surface area (Å²) in [6, 6.07) is 3.23. The van der Waals surface area contributed by atoms with Gasteiger partial charge in [0.2, 0.25) is 0 Å². The highest BCUT2D eigenvalue weighted by molar-refractivity contribution is 7.04. The van der Waals surface area contributed by atoms with Crippen LogP contribution in [0, 0.1) is 0 Å². The van der Waals surface area contributed by atoms with E-state index in [1.54, 1.807) is 0 Å². The molecule has 1 aromatic heterocycles. The zero-order chi connectivity index (χ0) is 25.8. The highest BCUT2D eigenvalue weighted by Gasteiger charge is 2.32. The van der Waals surface area contributed by atoms with Crippen LogP contribution in [-0.2, 0) is 18.1 Å². The number of aromatic nitrogens is 1. The molecule has 0 aliphatic carbocycles. The van der Waals surface area contributed by atoms with Crippen molar-refractivity contribution in [1.82, 2.24) is 8.86 Å². The SMILES string of the molecule is CCCCc1cn(C(C)(C)C)sc1=NC(=O)c1cc(C(F)(F)F)ccc1OCC1CCCCN1C. The van der Waals surface area contributed by atoms with E-state index in [2.05, 4.69) is 37.6 Å². The lowest BCUT2D eigenvalue weighted by Crippen LogP contribution is -2.40. The van der Waals surface area contributed by atoms with Crippen molar-refractivity contribution in [1.29, 1.82) is 0 Å². The van der Waals surface area contributed by atoms with Gasteiger partial charge in [0.25, 0.3) is 5.91 Å². The van der Waals surface area contributed by atoms with E-state index in [0.29, 0.717) is 11.3 Å². The third kappa shape index (κ3) is 7.19. The number of rotatable bonds is 7. The van der Waals surface area contributed by atoms with Crippen molar-refractivity contribution in [3.8, 4) is 5.75 Å². The van der Waals surface area contributed by atoms with Gasteiger partial charge in [-0.15, -0.1) is 0 Å². The molecule has 1 saturated heterocycles. The number of hydrogen-bond donors (Lipinski definition) is 0. The summed E-state index contributed by atoms with van der Waals surface area (Å²) in [4.78, 5) is 19.8. The highest BCUT2D eigenvalue weighted by Crippen LogP contribution is 2.33. The third-order valence-electron chi connectivity index (χ3n) is 6.29. The average molecular weight is 512 g/mol. The topological polar surface area (TPSA) is 46.8 Å². The number of alkyl halides is 3. The number of ether oxygens (including phenoxy) is 1. The summed E-state index contributed by atoms with van der Waals surface area (Å²) in [5, 5.41) is 0. The minimum atomic E-state index is -4.57. The van der Waals surface area contributed by atoms with E-state index in [4.69, 9.17) is 4.74 Å². The Morgan fingerprint density at radius 2 is 1.97 bits per heavy atom. The van der Waals surface area contributed by atoms with Crippen molar-refractivity contribution in [3.63, 3.8) is 0 Å². The normalized spacial score (nSPS) is 18.2. The van der Waals surface area contributed by atoms with Crippen LogP contribution in [-0.4, -0.2) is 41.0 Å². The van der Waals surface area contributed by atoms with Crippen LogP contribution in [0.1, 0.15) is 81.3 Å². The maximum atomic E-state index is 13.5. The van der Waals surface area contributed by atoms with Crippen molar-refractivity contribution in [3.05, 3.63) is 45.8 Å². The van der Waals surface area contributed by atoms with Gasteiger partial charge < -0.3 is 9.64 Å². The number of aryl methyl sites for hydroxylation is 1. The summed E-state index contributed by atoms with van der Waals surface area (Å²) in [5.41, 5.74) is -0.312. The van der Waals surface area contributed by atoms with E-state index < -0.39 is 17.6 Å². The van der Waals surface area contributed by atoms with Crippen molar-refractivity contribution in [2.75, 3.05) is 20.2 Å². The molecular weight excluding hydrogens is 475 g/mol. The maximum Gasteiger partial charge on any atom is 0.416 e. The predicted octanol–water partition coefficient (Wildman–Crippen LogP) is 6.27. The van der Waals surface area contributed by atoms with E-state index in [9.17, 15) is 18.0 Å². The summed E-state index contributed by atoms with van der Waals surface area (Å²) in [7, 11) is 2.01. The Morgan fingerprint density at radius 1 is 1.23 bits per heavy atom. The minimum Gasteiger partial charge on any atom is -0.491 e. The van der Waals surface area contributed by atoms with Gasteiger partial charge in [0.05, 0.1) is 11.1 Å². The second-order valence-corrected chi connectivity index (χ2v) is 11.2. The lowest BCUT2D eigenvalue weighted by Gasteiger charge is -2.32.